The lowest BCUT2D eigenvalue weighted by Gasteiger charge is -2.21. The van der Waals surface area contributed by atoms with Gasteiger partial charge in [0.15, 0.2) is 12.2 Å². The molecule has 0 aromatic carbocycles. The zero-order valence-corrected chi connectivity index (χ0v) is 66.6. The fourth-order valence-electron chi connectivity index (χ4n) is 12.3. The molecule has 0 fully saturated rings. The molecule has 17 nitrogen and oxygen atoms in total. The number of aliphatic hydroxyl groups is 1. The van der Waals surface area contributed by atoms with Crippen molar-refractivity contribution in [3.05, 3.63) is 0 Å². The molecule has 0 aliphatic carbocycles. The van der Waals surface area contributed by atoms with Gasteiger partial charge in [-0.3, -0.25) is 37.3 Å². The van der Waals surface area contributed by atoms with Gasteiger partial charge in [-0.1, -0.05) is 369 Å². The molecule has 0 spiro atoms. The number of carbonyl (C=O) groups excluding carboxylic acids is 4. The van der Waals surface area contributed by atoms with E-state index in [0.29, 0.717) is 25.7 Å². The Morgan fingerprint density at radius 2 is 0.515 bits per heavy atom. The van der Waals surface area contributed by atoms with Gasteiger partial charge in [0, 0.05) is 25.7 Å². The molecule has 0 bridgehead atoms. The number of hydrogen-bond acceptors (Lipinski definition) is 15. The average Bonchev–Trinajstić information content (AvgIpc) is 0.992. The summed E-state index contributed by atoms with van der Waals surface area (Å²) < 4.78 is 68.6. The van der Waals surface area contributed by atoms with E-state index in [9.17, 15) is 43.2 Å². The van der Waals surface area contributed by atoms with Crippen molar-refractivity contribution >= 4 is 39.5 Å². The lowest BCUT2D eigenvalue weighted by atomic mass is 10.00. The molecule has 6 atom stereocenters. The van der Waals surface area contributed by atoms with E-state index in [1.54, 1.807) is 0 Å². The molecule has 0 aliphatic heterocycles. The van der Waals surface area contributed by atoms with Gasteiger partial charge < -0.3 is 33.8 Å². The Morgan fingerprint density at radius 1 is 0.293 bits per heavy atom. The standard InChI is InChI=1S/C80H156O17P2/c1-7-10-12-14-16-18-20-22-24-25-26-27-28-29-30-32-34-36-40-44-52-58-64-79(84)96-75(68-90-77(82)62-56-50-43-39-35-33-31-23-21-19-17-15-13-11-8-2)70-94-98(86,87)92-66-74(81)67-93-99(88,89)95-71-76(69-91-78(83)63-57-51-47-46-49-55-61-73(6)9-3)97-80(85)65-59-53-45-41-37-38-42-48-54-60-72(4)5/h72-76,81H,7-71H2,1-6H3,(H,86,87)(H,88,89)/t73?,74-,75-,76-/m1/s1. The molecule has 99 heavy (non-hydrogen) atoms. The van der Waals surface area contributed by atoms with Crippen molar-refractivity contribution in [2.45, 2.75) is 439 Å². The Kier molecular flexibility index (Phi) is 70.3. The molecule has 588 valence electrons. The third kappa shape index (κ3) is 72.8. The molecule has 3 N–H and O–H groups in total. The third-order valence-corrected chi connectivity index (χ3v) is 21.0. The van der Waals surface area contributed by atoms with Crippen LogP contribution in [0.4, 0.5) is 0 Å². The molecule has 0 saturated carbocycles. The molecule has 19 heteroatoms. The Morgan fingerprint density at radius 3 is 0.768 bits per heavy atom. The van der Waals surface area contributed by atoms with E-state index in [1.807, 2.05) is 0 Å². The van der Waals surface area contributed by atoms with Crippen LogP contribution in [0.2, 0.25) is 0 Å². The predicted molar refractivity (Wildman–Crippen MR) is 405 cm³/mol. The van der Waals surface area contributed by atoms with Crippen molar-refractivity contribution in [2.24, 2.45) is 11.8 Å². The van der Waals surface area contributed by atoms with E-state index in [0.717, 1.165) is 108 Å². The van der Waals surface area contributed by atoms with Gasteiger partial charge in [-0.2, -0.15) is 0 Å². The predicted octanol–water partition coefficient (Wildman–Crippen LogP) is 23.9. The molecule has 0 heterocycles. The van der Waals surface area contributed by atoms with Crippen molar-refractivity contribution in [3.8, 4) is 0 Å². The van der Waals surface area contributed by atoms with Crippen molar-refractivity contribution < 1.29 is 80.2 Å². The summed E-state index contributed by atoms with van der Waals surface area (Å²) in [6.07, 6.45) is 61.3. The smallest absolute Gasteiger partial charge is 0.462 e. The van der Waals surface area contributed by atoms with Gasteiger partial charge >= 0.3 is 39.5 Å². The maximum Gasteiger partial charge on any atom is 0.472 e. The summed E-state index contributed by atoms with van der Waals surface area (Å²) in [5.74, 6) is -0.646. The first-order valence-corrected chi connectivity index (χ1v) is 44.5. The minimum absolute atomic E-state index is 0.105. The van der Waals surface area contributed by atoms with Crippen LogP contribution < -0.4 is 0 Å². The van der Waals surface area contributed by atoms with Gasteiger partial charge in [0.25, 0.3) is 0 Å². The maximum absolute atomic E-state index is 13.1. The first-order chi connectivity index (χ1) is 47.9. The SMILES string of the molecule is CCCCCCCCCCCCCCCCCCCCCCCCC(=O)O[C@H](COC(=O)CCCCCCCCCCCCCCCCC)COP(=O)(O)OC[C@@H](O)COP(=O)(O)OC[C@@H](COC(=O)CCCCCCCCC(C)CC)OC(=O)CCCCCCCCCCCC(C)C. The summed E-state index contributed by atoms with van der Waals surface area (Å²) in [5, 5.41) is 10.6. The maximum atomic E-state index is 13.1. The summed E-state index contributed by atoms with van der Waals surface area (Å²) >= 11 is 0. The number of carbonyl (C=O) groups is 4. The van der Waals surface area contributed by atoms with Gasteiger partial charge in [-0.05, 0) is 37.5 Å². The van der Waals surface area contributed by atoms with Crippen molar-refractivity contribution in [3.63, 3.8) is 0 Å². The average molecular weight is 1450 g/mol. The lowest BCUT2D eigenvalue weighted by molar-refractivity contribution is -0.161. The molecule has 0 amide bonds. The van der Waals surface area contributed by atoms with Crippen LogP contribution in [-0.2, 0) is 65.4 Å². The fraction of sp³-hybridized carbons (Fsp3) is 0.950. The lowest BCUT2D eigenvalue weighted by Crippen LogP contribution is -2.30. The van der Waals surface area contributed by atoms with Crippen LogP contribution in [-0.4, -0.2) is 96.7 Å². The molecule has 0 rings (SSSR count). The highest BCUT2D eigenvalue weighted by Crippen LogP contribution is 2.45. The second kappa shape index (κ2) is 71.7. The van der Waals surface area contributed by atoms with Crippen LogP contribution in [0.15, 0.2) is 0 Å². The fourth-order valence-corrected chi connectivity index (χ4v) is 13.9. The topological polar surface area (TPSA) is 237 Å². The Hall–Kier alpha value is -1.94. The second-order valence-corrected chi connectivity index (χ2v) is 32.4. The summed E-state index contributed by atoms with van der Waals surface area (Å²) in [6.45, 7) is 9.55. The number of rotatable bonds is 79. The molecule has 0 radical (unpaired) electrons. The van der Waals surface area contributed by atoms with Crippen LogP contribution in [0.5, 0.6) is 0 Å². The van der Waals surface area contributed by atoms with Gasteiger partial charge in [0.1, 0.15) is 19.3 Å². The number of hydrogen-bond donors (Lipinski definition) is 3. The molecule has 3 unspecified atom stereocenters. The van der Waals surface area contributed by atoms with E-state index in [-0.39, 0.29) is 25.7 Å². The van der Waals surface area contributed by atoms with Gasteiger partial charge in [0.05, 0.1) is 26.4 Å². The zero-order valence-electron chi connectivity index (χ0n) is 64.8. The van der Waals surface area contributed by atoms with Crippen LogP contribution in [0.3, 0.4) is 0 Å². The summed E-state index contributed by atoms with van der Waals surface area (Å²) in [4.78, 5) is 72.9. The number of esters is 4. The first-order valence-electron chi connectivity index (χ1n) is 41.5. The first kappa shape index (κ1) is 97.1. The van der Waals surface area contributed by atoms with E-state index in [1.165, 1.54) is 231 Å². The number of phosphoric acid groups is 2. The number of unbranched alkanes of at least 4 members (excludes halogenated alkanes) is 48. The summed E-state index contributed by atoms with van der Waals surface area (Å²) in [5.41, 5.74) is 0. The van der Waals surface area contributed by atoms with Crippen LogP contribution >= 0.6 is 15.6 Å². The third-order valence-electron chi connectivity index (χ3n) is 19.1. The Labute approximate surface area is 607 Å². The minimum Gasteiger partial charge on any atom is -0.462 e. The van der Waals surface area contributed by atoms with Crippen molar-refractivity contribution in [1.29, 1.82) is 0 Å². The van der Waals surface area contributed by atoms with E-state index in [4.69, 9.17) is 37.0 Å². The van der Waals surface area contributed by atoms with Crippen molar-refractivity contribution in [1.82, 2.24) is 0 Å². The van der Waals surface area contributed by atoms with Gasteiger partial charge in [-0.25, -0.2) is 9.13 Å². The molecule has 0 saturated heterocycles. The Bertz CT molecular complexity index is 1910. The summed E-state index contributed by atoms with van der Waals surface area (Å²) in [7, 11) is -9.92. The molecular weight excluding hydrogens is 1290 g/mol. The monoisotopic (exact) mass is 1450 g/mol. The van der Waals surface area contributed by atoms with E-state index in [2.05, 4.69) is 41.5 Å². The number of aliphatic hydroxyl groups excluding tert-OH is 1. The zero-order chi connectivity index (χ0) is 72.8. The highest BCUT2D eigenvalue weighted by molar-refractivity contribution is 7.47. The van der Waals surface area contributed by atoms with E-state index >= 15 is 0 Å². The highest BCUT2D eigenvalue weighted by atomic mass is 31.2. The van der Waals surface area contributed by atoms with Crippen molar-refractivity contribution in [2.75, 3.05) is 39.6 Å². The van der Waals surface area contributed by atoms with E-state index < -0.39 is 97.5 Å². The molecule has 0 aromatic rings. The summed E-state index contributed by atoms with van der Waals surface area (Å²) in [6, 6.07) is 0. The number of ether oxygens (including phenoxy) is 4. The number of phosphoric ester groups is 2. The van der Waals surface area contributed by atoms with Gasteiger partial charge in [-0.15, -0.1) is 0 Å². The van der Waals surface area contributed by atoms with Crippen LogP contribution in [0.1, 0.15) is 420 Å². The largest absolute Gasteiger partial charge is 0.472 e. The highest BCUT2D eigenvalue weighted by Gasteiger charge is 2.30. The normalized spacial score (nSPS) is 14.2. The minimum atomic E-state index is -4.96. The molecule has 0 aromatic heterocycles. The van der Waals surface area contributed by atoms with Crippen LogP contribution in [0.25, 0.3) is 0 Å². The second-order valence-electron chi connectivity index (χ2n) is 29.5. The Balaban J connectivity index is 5.20. The molecular formula is C80H156O17P2. The van der Waals surface area contributed by atoms with Crippen LogP contribution in [0, 0.1) is 11.8 Å². The quantitative estimate of drug-likeness (QED) is 0.0222. The van der Waals surface area contributed by atoms with Gasteiger partial charge in [0.2, 0.25) is 0 Å². The molecule has 0 aliphatic rings.